The van der Waals surface area contributed by atoms with E-state index in [-0.39, 0.29) is 11.4 Å². The number of hydrogen-bond acceptors (Lipinski definition) is 4. The molecule has 0 aliphatic rings. The molecule has 0 unspecified atom stereocenters. The van der Waals surface area contributed by atoms with Crippen molar-refractivity contribution in [2.24, 2.45) is 0 Å². The second kappa shape index (κ2) is 5.97. The maximum absolute atomic E-state index is 10.8. The molecule has 19 heavy (non-hydrogen) atoms. The maximum Gasteiger partial charge on any atom is 0.313 e. The van der Waals surface area contributed by atoms with Gasteiger partial charge in [0.2, 0.25) is 5.75 Å². The summed E-state index contributed by atoms with van der Waals surface area (Å²) < 4.78 is 0. The lowest BCUT2D eigenvalue weighted by Gasteiger charge is -2.07. The van der Waals surface area contributed by atoms with Gasteiger partial charge in [-0.1, -0.05) is 42.0 Å². The van der Waals surface area contributed by atoms with Crippen molar-refractivity contribution in [2.45, 2.75) is 13.5 Å². The van der Waals surface area contributed by atoms with Gasteiger partial charge in [-0.15, -0.1) is 0 Å². The smallest absolute Gasteiger partial charge is 0.313 e. The molecule has 0 fully saturated rings. The Kier molecular flexibility index (Phi) is 4.10. The van der Waals surface area contributed by atoms with E-state index in [2.05, 4.69) is 5.48 Å². The number of para-hydroxylation sites is 2. The van der Waals surface area contributed by atoms with Crippen LogP contribution in [-0.4, -0.2) is 4.92 Å². The third kappa shape index (κ3) is 3.53. The first-order valence-electron chi connectivity index (χ1n) is 5.85. The van der Waals surface area contributed by atoms with Gasteiger partial charge in [-0.25, -0.2) is 0 Å². The molecule has 0 spiro atoms. The van der Waals surface area contributed by atoms with Crippen molar-refractivity contribution in [2.75, 3.05) is 0 Å². The van der Waals surface area contributed by atoms with Crippen molar-refractivity contribution in [1.82, 2.24) is 5.48 Å². The summed E-state index contributed by atoms with van der Waals surface area (Å²) in [5.74, 6) is 0.208. The lowest BCUT2D eigenvalue weighted by atomic mass is 10.2. The van der Waals surface area contributed by atoms with E-state index in [1.54, 1.807) is 18.2 Å². The highest BCUT2D eigenvalue weighted by Gasteiger charge is 2.13. The van der Waals surface area contributed by atoms with Crippen LogP contribution in [0.1, 0.15) is 11.1 Å². The first-order chi connectivity index (χ1) is 9.16. The van der Waals surface area contributed by atoms with Crippen molar-refractivity contribution in [1.29, 1.82) is 0 Å². The number of nitro groups is 1. The second-order valence-electron chi connectivity index (χ2n) is 4.13. The van der Waals surface area contributed by atoms with Crippen LogP contribution in [0.5, 0.6) is 5.75 Å². The number of aryl methyl sites for hydroxylation is 1. The Morgan fingerprint density at radius 2 is 1.84 bits per heavy atom. The Balaban J connectivity index is 1.96. The van der Waals surface area contributed by atoms with Gasteiger partial charge in [0.15, 0.2) is 0 Å². The van der Waals surface area contributed by atoms with Gasteiger partial charge in [0, 0.05) is 6.07 Å². The Morgan fingerprint density at radius 3 is 2.53 bits per heavy atom. The zero-order valence-corrected chi connectivity index (χ0v) is 10.5. The molecular formula is C14H14N2O3. The Bertz CT molecular complexity index is 567. The Hall–Kier alpha value is -2.40. The zero-order chi connectivity index (χ0) is 13.7. The summed E-state index contributed by atoms with van der Waals surface area (Å²) in [6.45, 7) is 2.49. The predicted octanol–water partition coefficient (Wildman–Crippen LogP) is 2.99. The minimum atomic E-state index is -0.469. The minimum absolute atomic E-state index is 0.0566. The van der Waals surface area contributed by atoms with Crippen LogP contribution in [0, 0.1) is 17.0 Å². The molecule has 0 saturated carbocycles. The van der Waals surface area contributed by atoms with Crippen LogP contribution in [0.15, 0.2) is 48.5 Å². The molecule has 0 atom stereocenters. The van der Waals surface area contributed by atoms with Gasteiger partial charge >= 0.3 is 5.69 Å². The Labute approximate surface area is 110 Å². The molecule has 1 N–H and O–H groups in total. The number of hydrogen-bond donors (Lipinski definition) is 1. The molecule has 0 aromatic heterocycles. The summed E-state index contributed by atoms with van der Waals surface area (Å²) >= 11 is 0. The van der Waals surface area contributed by atoms with E-state index in [0.717, 1.165) is 5.56 Å². The summed E-state index contributed by atoms with van der Waals surface area (Å²) in [6.07, 6.45) is 0. The van der Waals surface area contributed by atoms with Crippen molar-refractivity contribution in [3.05, 3.63) is 69.8 Å². The average Bonchev–Trinajstić information content (AvgIpc) is 2.41. The van der Waals surface area contributed by atoms with E-state index in [1.165, 1.54) is 11.6 Å². The summed E-state index contributed by atoms with van der Waals surface area (Å²) in [5, 5.41) is 10.8. The number of hydroxylamine groups is 1. The zero-order valence-electron chi connectivity index (χ0n) is 10.5. The number of nitro benzene ring substituents is 1. The fourth-order valence-electron chi connectivity index (χ4n) is 1.60. The van der Waals surface area contributed by atoms with E-state index in [9.17, 15) is 10.1 Å². The largest absolute Gasteiger partial charge is 0.401 e. The van der Waals surface area contributed by atoms with Gasteiger partial charge in [-0.05, 0) is 18.6 Å². The first-order valence-corrected chi connectivity index (χ1v) is 5.85. The molecule has 0 bridgehead atoms. The summed E-state index contributed by atoms with van der Waals surface area (Å²) in [7, 11) is 0. The van der Waals surface area contributed by atoms with E-state index in [1.807, 2.05) is 31.2 Å². The number of nitrogens with one attached hydrogen (secondary N) is 1. The summed E-state index contributed by atoms with van der Waals surface area (Å²) in [6, 6.07) is 14.2. The third-order valence-corrected chi connectivity index (χ3v) is 2.64. The van der Waals surface area contributed by atoms with Crippen molar-refractivity contribution >= 4 is 5.69 Å². The molecule has 5 nitrogen and oxygen atoms in total. The van der Waals surface area contributed by atoms with Gasteiger partial charge < -0.3 is 4.84 Å². The first kappa shape index (κ1) is 13.0. The van der Waals surface area contributed by atoms with Crippen molar-refractivity contribution < 1.29 is 9.76 Å². The monoisotopic (exact) mass is 258 g/mol. The molecule has 0 aliphatic heterocycles. The lowest BCUT2D eigenvalue weighted by molar-refractivity contribution is -0.386. The fourth-order valence-corrected chi connectivity index (χ4v) is 1.60. The molecule has 0 radical (unpaired) electrons. The molecule has 98 valence electrons. The third-order valence-electron chi connectivity index (χ3n) is 2.64. The van der Waals surface area contributed by atoms with Crippen LogP contribution in [0.4, 0.5) is 5.69 Å². The van der Waals surface area contributed by atoms with Gasteiger partial charge in [0.05, 0.1) is 11.5 Å². The van der Waals surface area contributed by atoms with Crippen LogP contribution in [0.3, 0.4) is 0 Å². The van der Waals surface area contributed by atoms with Gasteiger partial charge in [0.1, 0.15) is 0 Å². The van der Waals surface area contributed by atoms with Crippen molar-refractivity contribution in [3.63, 3.8) is 0 Å². The molecule has 5 heteroatoms. The molecule has 2 aromatic carbocycles. The quantitative estimate of drug-likeness (QED) is 0.661. The normalized spacial score (nSPS) is 10.2. The van der Waals surface area contributed by atoms with Crippen LogP contribution < -0.4 is 10.3 Å². The van der Waals surface area contributed by atoms with Gasteiger partial charge in [-0.3, -0.25) is 10.1 Å². The molecule has 0 amide bonds. The van der Waals surface area contributed by atoms with Gasteiger partial charge in [0.25, 0.3) is 0 Å². The molecule has 2 aromatic rings. The number of benzene rings is 2. The summed E-state index contributed by atoms with van der Waals surface area (Å²) in [4.78, 5) is 15.6. The van der Waals surface area contributed by atoms with E-state index in [4.69, 9.17) is 4.84 Å². The molecule has 0 saturated heterocycles. The number of nitrogens with zero attached hydrogens (tertiary/aromatic N) is 1. The van der Waals surface area contributed by atoms with Gasteiger partial charge in [-0.2, -0.15) is 5.48 Å². The molecular weight excluding hydrogens is 244 g/mol. The topological polar surface area (TPSA) is 64.4 Å². The average molecular weight is 258 g/mol. The SMILES string of the molecule is Cc1ccc(CNOc2ccccc2[N+](=O)[O-])cc1. The standard InChI is InChI=1S/C14H14N2O3/c1-11-6-8-12(9-7-11)10-15-19-14-5-3-2-4-13(14)16(17)18/h2-9,15H,10H2,1H3. The van der Waals surface area contributed by atoms with E-state index >= 15 is 0 Å². The van der Waals surface area contributed by atoms with Crippen LogP contribution in [0.25, 0.3) is 0 Å². The Morgan fingerprint density at radius 1 is 1.16 bits per heavy atom. The summed E-state index contributed by atoms with van der Waals surface area (Å²) in [5.41, 5.74) is 4.90. The van der Waals surface area contributed by atoms with Crippen LogP contribution in [-0.2, 0) is 6.54 Å². The fraction of sp³-hybridized carbons (Fsp3) is 0.143. The highest BCUT2D eigenvalue weighted by molar-refractivity contribution is 5.45. The molecule has 0 aliphatic carbocycles. The van der Waals surface area contributed by atoms with E-state index < -0.39 is 4.92 Å². The highest BCUT2D eigenvalue weighted by Crippen LogP contribution is 2.24. The predicted molar refractivity (Wildman–Crippen MR) is 71.7 cm³/mol. The molecule has 0 heterocycles. The minimum Gasteiger partial charge on any atom is -0.401 e. The highest BCUT2D eigenvalue weighted by atomic mass is 16.7. The molecule has 2 rings (SSSR count). The van der Waals surface area contributed by atoms with Crippen LogP contribution >= 0.6 is 0 Å². The second-order valence-corrected chi connectivity index (χ2v) is 4.13. The van der Waals surface area contributed by atoms with E-state index in [0.29, 0.717) is 6.54 Å². The maximum atomic E-state index is 10.8. The lowest BCUT2D eigenvalue weighted by Crippen LogP contribution is -2.18. The van der Waals surface area contributed by atoms with Crippen molar-refractivity contribution in [3.8, 4) is 5.75 Å². The van der Waals surface area contributed by atoms with Crippen LogP contribution in [0.2, 0.25) is 0 Å². The number of rotatable bonds is 5.